The van der Waals surface area contributed by atoms with E-state index in [-0.39, 0.29) is 24.8 Å². The standard InChI is InChI=1S/C17H19N5O5/c18-15-12-16(20-7-19-15)22(8-21-12)17-14(25)13(24)11(27-17)6-26-5-9-3-1-2-4-10(9)23/h1-4,7-8,11,13-14,17,23-25H,5-6H2,(H2,18,19,20)/t11-,13-,14-,17-/m1/s1. The Balaban J connectivity index is 1.46. The smallest absolute Gasteiger partial charge is 0.167 e. The maximum absolute atomic E-state index is 10.4. The predicted molar refractivity (Wildman–Crippen MR) is 93.4 cm³/mol. The number of imidazole rings is 1. The number of aliphatic hydroxyl groups is 2. The van der Waals surface area contributed by atoms with E-state index in [2.05, 4.69) is 15.0 Å². The fourth-order valence-electron chi connectivity index (χ4n) is 3.07. The molecule has 1 aromatic carbocycles. The molecule has 0 unspecified atom stereocenters. The highest BCUT2D eigenvalue weighted by atomic mass is 16.6. The number of aliphatic hydroxyl groups excluding tert-OH is 2. The zero-order valence-corrected chi connectivity index (χ0v) is 14.2. The molecule has 0 spiro atoms. The van der Waals surface area contributed by atoms with Crippen molar-refractivity contribution in [1.82, 2.24) is 19.5 Å². The lowest BCUT2D eigenvalue weighted by Crippen LogP contribution is -2.33. The van der Waals surface area contributed by atoms with Crippen LogP contribution in [0, 0.1) is 0 Å². The molecule has 4 rings (SSSR count). The first kappa shape index (κ1) is 17.6. The summed E-state index contributed by atoms with van der Waals surface area (Å²) in [6.07, 6.45) is -1.28. The van der Waals surface area contributed by atoms with E-state index in [4.69, 9.17) is 15.2 Å². The summed E-state index contributed by atoms with van der Waals surface area (Å²) in [5.41, 5.74) is 7.18. The Morgan fingerprint density at radius 3 is 2.78 bits per heavy atom. The minimum absolute atomic E-state index is 0.0345. The van der Waals surface area contributed by atoms with Crippen LogP contribution >= 0.6 is 0 Å². The van der Waals surface area contributed by atoms with Crippen molar-refractivity contribution in [1.29, 1.82) is 0 Å². The normalized spacial score (nSPS) is 25.3. The number of hydrogen-bond acceptors (Lipinski definition) is 9. The molecule has 3 aromatic rings. The van der Waals surface area contributed by atoms with Gasteiger partial charge in [-0.1, -0.05) is 18.2 Å². The Morgan fingerprint density at radius 2 is 1.96 bits per heavy atom. The second-order valence-electron chi connectivity index (χ2n) is 6.27. The largest absolute Gasteiger partial charge is 0.508 e. The van der Waals surface area contributed by atoms with Gasteiger partial charge in [-0.15, -0.1) is 0 Å². The second kappa shape index (κ2) is 7.08. The van der Waals surface area contributed by atoms with Gasteiger partial charge in [0.05, 0.1) is 19.5 Å². The van der Waals surface area contributed by atoms with E-state index in [1.807, 2.05) is 0 Å². The maximum atomic E-state index is 10.4. The first-order valence-electron chi connectivity index (χ1n) is 8.35. The average molecular weight is 373 g/mol. The fraction of sp³-hybridized carbons (Fsp3) is 0.353. The summed E-state index contributed by atoms with van der Waals surface area (Å²) in [6.45, 7) is 0.185. The van der Waals surface area contributed by atoms with Crippen molar-refractivity contribution in [3.8, 4) is 5.75 Å². The van der Waals surface area contributed by atoms with Gasteiger partial charge in [0.1, 0.15) is 35.9 Å². The van der Waals surface area contributed by atoms with Crippen molar-refractivity contribution in [2.24, 2.45) is 0 Å². The van der Waals surface area contributed by atoms with Gasteiger partial charge in [-0.25, -0.2) is 15.0 Å². The van der Waals surface area contributed by atoms with Gasteiger partial charge in [0.2, 0.25) is 0 Å². The molecule has 5 N–H and O–H groups in total. The van der Waals surface area contributed by atoms with Gasteiger partial charge in [-0.3, -0.25) is 4.57 Å². The van der Waals surface area contributed by atoms with Crippen LogP contribution in [0.4, 0.5) is 5.82 Å². The number of para-hydroxylation sites is 1. The molecule has 0 amide bonds. The topological polar surface area (TPSA) is 149 Å². The number of benzene rings is 1. The summed E-state index contributed by atoms with van der Waals surface area (Å²) in [6, 6.07) is 6.81. The number of rotatable bonds is 5. The summed E-state index contributed by atoms with van der Waals surface area (Å²) in [5, 5.41) is 30.5. The molecule has 2 aromatic heterocycles. The predicted octanol–water partition coefficient (Wildman–Crippen LogP) is -0.0499. The Hall–Kier alpha value is -2.79. The number of anilines is 1. The minimum Gasteiger partial charge on any atom is -0.508 e. The summed E-state index contributed by atoms with van der Waals surface area (Å²) in [4.78, 5) is 12.1. The number of nitrogens with zero attached hydrogens (tertiary/aromatic N) is 4. The van der Waals surface area contributed by atoms with Gasteiger partial charge in [-0.05, 0) is 6.07 Å². The van der Waals surface area contributed by atoms with Crippen molar-refractivity contribution in [2.75, 3.05) is 12.3 Å². The van der Waals surface area contributed by atoms with E-state index in [1.165, 1.54) is 17.2 Å². The number of aromatic hydroxyl groups is 1. The van der Waals surface area contributed by atoms with E-state index in [0.29, 0.717) is 16.7 Å². The molecule has 27 heavy (non-hydrogen) atoms. The molecule has 0 aliphatic carbocycles. The van der Waals surface area contributed by atoms with Crippen molar-refractivity contribution >= 4 is 17.0 Å². The molecule has 3 heterocycles. The Bertz CT molecular complexity index is 948. The van der Waals surface area contributed by atoms with Crippen LogP contribution in [0.1, 0.15) is 11.8 Å². The average Bonchev–Trinajstić information content (AvgIpc) is 3.21. The molecule has 10 heteroatoms. The zero-order valence-electron chi connectivity index (χ0n) is 14.2. The van der Waals surface area contributed by atoms with E-state index in [1.54, 1.807) is 24.3 Å². The van der Waals surface area contributed by atoms with Crippen LogP contribution in [0.5, 0.6) is 5.75 Å². The van der Waals surface area contributed by atoms with Crippen LogP contribution < -0.4 is 5.73 Å². The van der Waals surface area contributed by atoms with E-state index < -0.39 is 24.5 Å². The van der Waals surface area contributed by atoms with E-state index in [9.17, 15) is 15.3 Å². The van der Waals surface area contributed by atoms with Crippen LogP contribution in [0.15, 0.2) is 36.9 Å². The minimum atomic E-state index is -1.20. The van der Waals surface area contributed by atoms with Gasteiger partial charge in [0, 0.05) is 5.56 Å². The van der Waals surface area contributed by atoms with Crippen LogP contribution in [0.2, 0.25) is 0 Å². The van der Waals surface area contributed by atoms with Crippen molar-refractivity contribution in [3.05, 3.63) is 42.5 Å². The number of phenolic OH excluding ortho intramolecular Hbond substituents is 1. The lowest BCUT2D eigenvalue weighted by molar-refractivity contribution is -0.0684. The van der Waals surface area contributed by atoms with Crippen LogP contribution in [0.25, 0.3) is 11.2 Å². The fourth-order valence-corrected chi connectivity index (χ4v) is 3.07. The Morgan fingerprint density at radius 1 is 1.15 bits per heavy atom. The molecule has 1 aliphatic heterocycles. The van der Waals surface area contributed by atoms with Crippen molar-refractivity contribution in [2.45, 2.75) is 31.1 Å². The molecule has 1 aliphatic rings. The van der Waals surface area contributed by atoms with Gasteiger partial charge in [0.15, 0.2) is 17.7 Å². The number of hydrogen-bond donors (Lipinski definition) is 4. The highest BCUT2D eigenvalue weighted by molar-refractivity contribution is 5.81. The molecular formula is C17H19N5O5. The molecular weight excluding hydrogens is 354 g/mol. The Labute approximate surface area is 153 Å². The SMILES string of the molecule is Nc1ncnc2c1ncn2[C@@H]1O[C@H](COCc2ccccc2O)[C@@H](O)[C@H]1O. The van der Waals surface area contributed by atoms with E-state index in [0.717, 1.165) is 0 Å². The van der Waals surface area contributed by atoms with Crippen LogP contribution in [-0.4, -0.2) is 59.8 Å². The van der Waals surface area contributed by atoms with Gasteiger partial charge >= 0.3 is 0 Å². The third-order valence-electron chi connectivity index (χ3n) is 4.53. The third-order valence-corrected chi connectivity index (χ3v) is 4.53. The molecule has 0 radical (unpaired) electrons. The first-order chi connectivity index (χ1) is 13.1. The molecule has 142 valence electrons. The maximum Gasteiger partial charge on any atom is 0.167 e. The van der Waals surface area contributed by atoms with Gasteiger partial charge < -0.3 is 30.5 Å². The monoisotopic (exact) mass is 373 g/mol. The number of phenols is 1. The van der Waals surface area contributed by atoms with Crippen molar-refractivity contribution in [3.63, 3.8) is 0 Å². The number of nitrogens with two attached hydrogens (primary N) is 1. The molecule has 4 atom stereocenters. The summed E-state index contributed by atoms with van der Waals surface area (Å²) >= 11 is 0. The summed E-state index contributed by atoms with van der Waals surface area (Å²) in [5.74, 6) is 0.347. The molecule has 1 saturated heterocycles. The summed E-state index contributed by atoms with van der Waals surface area (Å²) in [7, 11) is 0. The molecule has 0 saturated carbocycles. The molecule has 1 fully saturated rings. The highest BCUT2D eigenvalue weighted by Crippen LogP contribution is 2.32. The Kier molecular flexibility index (Phi) is 4.62. The van der Waals surface area contributed by atoms with Crippen LogP contribution in [-0.2, 0) is 16.1 Å². The van der Waals surface area contributed by atoms with Gasteiger partial charge in [0.25, 0.3) is 0 Å². The number of fused-ring (bicyclic) bond motifs is 1. The lowest BCUT2D eigenvalue weighted by atomic mass is 10.1. The zero-order chi connectivity index (χ0) is 19.0. The van der Waals surface area contributed by atoms with Gasteiger partial charge in [-0.2, -0.15) is 0 Å². The van der Waals surface area contributed by atoms with Crippen LogP contribution in [0.3, 0.4) is 0 Å². The third kappa shape index (κ3) is 3.19. The summed E-state index contributed by atoms with van der Waals surface area (Å²) < 4.78 is 12.8. The number of aromatic nitrogens is 4. The molecule has 10 nitrogen and oxygen atoms in total. The number of ether oxygens (including phenoxy) is 2. The molecule has 0 bridgehead atoms. The number of nitrogen functional groups attached to an aromatic ring is 1. The van der Waals surface area contributed by atoms with Crippen molar-refractivity contribution < 1.29 is 24.8 Å². The lowest BCUT2D eigenvalue weighted by Gasteiger charge is -2.16. The highest BCUT2D eigenvalue weighted by Gasteiger charge is 2.44. The first-order valence-corrected chi connectivity index (χ1v) is 8.35. The second-order valence-corrected chi connectivity index (χ2v) is 6.27. The quantitative estimate of drug-likeness (QED) is 0.483. The van der Waals surface area contributed by atoms with E-state index >= 15 is 0 Å².